The van der Waals surface area contributed by atoms with Gasteiger partial charge in [-0.05, 0) is 24.3 Å². The number of aromatic hydroxyl groups is 1. The van der Waals surface area contributed by atoms with Crippen molar-refractivity contribution in [2.45, 2.75) is 6.23 Å². The summed E-state index contributed by atoms with van der Waals surface area (Å²) >= 11 is 0. The molecule has 0 aliphatic carbocycles. The largest absolute Gasteiger partial charge is 0.508 e. The summed E-state index contributed by atoms with van der Waals surface area (Å²) in [5, 5.41) is 12.6. The van der Waals surface area contributed by atoms with E-state index in [1.165, 1.54) is 14.2 Å². The third-order valence-corrected chi connectivity index (χ3v) is 3.43. The Morgan fingerprint density at radius 3 is 2.68 bits per heavy atom. The van der Waals surface area contributed by atoms with Crippen molar-refractivity contribution in [1.82, 2.24) is 0 Å². The van der Waals surface area contributed by atoms with Gasteiger partial charge < -0.3 is 24.6 Å². The summed E-state index contributed by atoms with van der Waals surface area (Å²) < 4.78 is 15.8. The molecule has 2 aromatic carbocycles. The number of esters is 1. The minimum absolute atomic E-state index is 0.127. The van der Waals surface area contributed by atoms with Crippen LogP contribution in [-0.4, -0.2) is 25.3 Å². The topological polar surface area (TPSA) is 77.0 Å². The number of carbonyl (C=O) groups excluding carboxylic acids is 1. The molecule has 2 N–H and O–H groups in total. The molecule has 6 heteroatoms. The number of phenols is 1. The van der Waals surface area contributed by atoms with Gasteiger partial charge in [0.1, 0.15) is 11.3 Å². The summed E-state index contributed by atoms with van der Waals surface area (Å²) in [6.07, 6.45) is -0.649. The first-order valence-electron chi connectivity index (χ1n) is 6.65. The van der Waals surface area contributed by atoms with Crippen LogP contribution in [0.25, 0.3) is 0 Å². The molecule has 1 aliphatic rings. The molecule has 0 bridgehead atoms. The smallest absolute Gasteiger partial charge is 0.344 e. The minimum Gasteiger partial charge on any atom is -0.508 e. The Morgan fingerprint density at radius 1 is 1.18 bits per heavy atom. The highest BCUT2D eigenvalue weighted by atomic mass is 16.6. The molecular weight excluding hydrogens is 286 g/mol. The van der Waals surface area contributed by atoms with Crippen molar-refractivity contribution in [3.8, 4) is 17.2 Å². The van der Waals surface area contributed by atoms with Crippen LogP contribution in [0.2, 0.25) is 0 Å². The van der Waals surface area contributed by atoms with E-state index in [1.807, 2.05) is 0 Å². The lowest BCUT2D eigenvalue weighted by atomic mass is 10.1. The van der Waals surface area contributed by atoms with Crippen molar-refractivity contribution in [2.75, 3.05) is 19.5 Å². The van der Waals surface area contributed by atoms with Crippen LogP contribution in [0.4, 0.5) is 5.69 Å². The van der Waals surface area contributed by atoms with Crippen LogP contribution in [0, 0.1) is 0 Å². The maximum atomic E-state index is 12.1. The molecule has 1 atom stereocenters. The molecular formula is C16H15NO5. The summed E-state index contributed by atoms with van der Waals surface area (Å²) in [5.74, 6) is 0.465. The number of rotatable bonds is 4. The zero-order chi connectivity index (χ0) is 15.7. The second kappa shape index (κ2) is 5.48. The zero-order valence-corrected chi connectivity index (χ0v) is 12.1. The van der Waals surface area contributed by atoms with Gasteiger partial charge in [-0.1, -0.05) is 6.07 Å². The summed E-state index contributed by atoms with van der Waals surface area (Å²) in [4.78, 5) is 12.1. The van der Waals surface area contributed by atoms with Gasteiger partial charge in [-0.15, -0.1) is 0 Å². The van der Waals surface area contributed by atoms with E-state index in [0.717, 1.165) is 0 Å². The van der Waals surface area contributed by atoms with Crippen LogP contribution >= 0.6 is 0 Å². The lowest BCUT2D eigenvalue weighted by molar-refractivity contribution is 0.0435. The van der Waals surface area contributed by atoms with E-state index >= 15 is 0 Å². The molecule has 114 valence electrons. The Hall–Kier alpha value is -2.89. The van der Waals surface area contributed by atoms with Gasteiger partial charge in [0.2, 0.25) is 6.23 Å². The number of benzene rings is 2. The fourth-order valence-electron chi connectivity index (χ4n) is 2.45. The van der Waals surface area contributed by atoms with E-state index in [1.54, 1.807) is 36.4 Å². The highest BCUT2D eigenvalue weighted by Crippen LogP contribution is 2.42. The van der Waals surface area contributed by atoms with Gasteiger partial charge in [0.15, 0.2) is 11.5 Å². The third kappa shape index (κ3) is 2.28. The van der Waals surface area contributed by atoms with Crippen LogP contribution in [-0.2, 0) is 4.74 Å². The first kappa shape index (κ1) is 14.1. The minimum atomic E-state index is -0.649. The molecule has 1 heterocycles. The van der Waals surface area contributed by atoms with Gasteiger partial charge >= 0.3 is 5.97 Å². The van der Waals surface area contributed by atoms with Crippen molar-refractivity contribution < 1.29 is 24.1 Å². The molecule has 0 aromatic heterocycles. The first-order valence-corrected chi connectivity index (χ1v) is 6.65. The van der Waals surface area contributed by atoms with E-state index in [0.29, 0.717) is 28.3 Å². The van der Waals surface area contributed by atoms with Crippen LogP contribution in [0.1, 0.15) is 22.1 Å². The Kier molecular flexibility index (Phi) is 3.50. The number of anilines is 1. The van der Waals surface area contributed by atoms with Crippen LogP contribution < -0.4 is 14.8 Å². The molecule has 6 nitrogen and oxygen atoms in total. The number of hydrogen-bond acceptors (Lipinski definition) is 6. The van der Waals surface area contributed by atoms with Crippen molar-refractivity contribution in [2.24, 2.45) is 0 Å². The Morgan fingerprint density at radius 2 is 2.00 bits per heavy atom. The van der Waals surface area contributed by atoms with E-state index in [-0.39, 0.29) is 5.75 Å². The lowest BCUT2D eigenvalue weighted by Gasteiger charge is -2.15. The molecule has 3 rings (SSSR count). The summed E-state index contributed by atoms with van der Waals surface area (Å²) in [6.45, 7) is 0. The van der Waals surface area contributed by atoms with E-state index in [4.69, 9.17) is 14.2 Å². The van der Waals surface area contributed by atoms with Crippen LogP contribution in [0.3, 0.4) is 0 Å². The maximum Gasteiger partial charge on any atom is 0.344 e. The molecule has 1 unspecified atom stereocenters. The van der Waals surface area contributed by atoms with E-state index < -0.39 is 12.2 Å². The van der Waals surface area contributed by atoms with Gasteiger partial charge in [-0.25, -0.2) is 4.79 Å². The van der Waals surface area contributed by atoms with Gasteiger partial charge in [0, 0.05) is 17.3 Å². The van der Waals surface area contributed by atoms with Crippen LogP contribution in [0.15, 0.2) is 36.4 Å². The average molecular weight is 301 g/mol. The van der Waals surface area contributed by atoms with Crippen molar-refractivity contribution in [3.63, 3.8) is 0 Å². The second-order valence-corrected chi connectivity index (χ2v) is 4.75. The molecule has 1 aliphatic heterocycles. The standard InChI is InChI=1S/C16H15NO5/c1-20-12-7-6-11-13(14(12)21-2)16(19)22-15(11)17-9-4-3-5-10(18)8-9/h3-8,15,17-18H,1-2H3. The van der Waals surface area contributed by atoms with E-state index in [2.05, 4.69) is 5.32 Å². The number of nitrogens with one attached hydrogen (secondary N) is 1. The Labute approximate surface area is 127 Å². The number of hydrogen-bond donors (Lipinski definition) is 2. The number of phenolic OH excluding ortho intramolecular Hbond substituents is 1. The highest BCUT2D eigenvalue weighted by molar-refractivity contribution is 5.98. The van der Waals surface area contributed by atoms with Gasteiger partial charge in [-0.2, -0.15) is 0 Å². The number of cyclic esters (lactones) is 1. The van der Waals surface area contributed by atoms with Gasteiger partial charge in [-0.3, -0.25) is 0 Å². The van der Waals surface area contributed by atoms with Crippen molar-refractivity contribution >= 4 is 11.7 Å². The van der Waals surface area contributed by atoms with Gasteiger partial charge in [0.05, 0.1) is 14.2 Å². The summed E-state index contributed by atoms with van der Waals surface area (Å²) in [5.41, 5.74) is 1.64. The summed E-state index contributed by atoms with van der Waals surface area (Å²) in [7, 11) is 2.98. The fourth-order valence-corrected chi connectivity index (χ4v) is 2.45. The molecule has 0 amide bonds. The highest BCUT2D eigenvalue weighted by Gasteiger charge is 2.35. The molecule has 0 radical (unpaired) electrons. The molecule has 22 heavy (non-hydrogen) atoms. The van der Waals surface area contributed by atoms with E-state index in [9.17, 15) is 9.90 Å². The zero-order valence-electron chi connectivity index (χ0n) is 12.1. The van der Waals surface area contributed by atoms with Crippen LogP contribution in [0.5, 0.6) is 17.2 Å². The van der Waals surface area contributed by atoms with Crippen molar-refractivity contribution in [3.05, 3.63) is 47.5 Å². The number of methoxy groups -OCH3 is 2. The number of ether oxygens (including phenoxy) is 3. The second-order valence-electron chi connectivity index (χ2n) is 4.75. The number of carbonyl (C=O) groups is 1. The monoisotopic (exact) mass is 301 g/mol. The predicted molar refractivity (Wildman–Crippen MR) is 79.4 cm³/mol. The molecule has 0 spiro atoms. The predicted octanol–water partition coefficient (Wildman–Crippen LogP) is 2.69. The Bertz CT molecular complexity index is 728. The molecule has 2 aromatic rings. The Balaban J connectivity index is 1.98. The SMILES string of the molecule is COc1ccc2c(c1OC)C(=O)OC2Nc1cccc(O)c1. The fraction of sp³-hybridized carbons (Fsp3) is 0.188. The average Bonchev–Trinajstić information content (AvgIpc) is 2.82. The summed E-state index contributed by atoms with van der Waals surface area (Å²) in [6, 6.07) is 10.1. The molecule has 0 fully saturated rings. The lowest BCUT2D eigenvalue weighted by Crippen LogP contribution is -2.10. The first-order chi connectivity index (χ1) is 10.6. The third-order valence-electron chi connectivity index (χ3n) is 3.43. The molecule has 0 saturated carbocycles. The normalized spacial score (nSPS) is 15.9. The maximum absolute atomic E-state index is 12.1. The quantitative estimate of drug-likeness (QED) is 0.846. The van der Waals surface area contributed by atoms with Gasteiger partial charge in [0.25, 0.3) is 0 Å². The number of fused-ring (bicyclic) bond motifs is 1. The van der Waals surface area contributed by atoms with Crippen molar-refractivity contribution in [1.29, 1.82) is 0 Å². The molecule has 0 saturated heterocycles.